The Labute approximate surface area is 116 Å². The van der Waals surface area contributed by atoms with Gasteiger partial charge < -0.3 is 19.7 Å². The van der Waals surface area contributed by atoms with E-state index in [0.717, 1.165) is 44.9 Å². The van der Waals surface area contributed by atoms with Gasteiger partial charge in [0.05, 0.1) is 13.2 Å². The number of ether oxygens (including phenoxy) is 2. The van der Waals surface area contributed by atoms with Gasteiger partial charge in [-0.25, -0.2) is 0 Å². The molecule has 1 N–H and O–H groups in total. The normalized spacial score (nSPS) is 10.5. The van der Waals surface area contributed by atoms with Crippen molar-refractivity contribution >= 4 is 5.69 Å². The van der Waals surface area contributed by atoms with Gasteiger partial charge in [0.15, 0.2) is 0 Å². The molecule has 0 aliphatic carbocycles. The highest BCUT2D eigenvalue weighted by Crippen LogP contribution is 2.19. The summed E-state index contributed by atoms with van der Waals surface area (Å²) < 4.78 is 10.7. The first-order valence-corrected chi connectivity index (χ1v) is 6.84. The van der Waals surface area contributed by atoms with Crippen molar-refractivity contribution in [2.24, 2.45) is 0 Å². The number of unbranched alkanes of at least 4 members (excludes halogenated alkanes) is 1. The lowest BCUT2D eigenvalue weighted by molar-refractivity contribution is 0.199. The minimum Gasteiger partial charge on any atom is -0.494 e. The van der Waals surface area contributed by atoms with E-state index in [2.05, 4.69) is 22.3 Å². The van der Waals surface area contributed by atoms with E-state index >= 15 is 0 Å². The van der Waals surface area contributed by atoms with Gasteiger partial charge in [0, 0.05) is 39.5 Å². The topological polar surface area (TPSA) is 33.7 Å². The van der Waals surface area contributed by atoms with Crippen molar-refractivity contribution in [3.63, 3.8) is 0 Å². The van der Waals surface area contributed by atoms with Crippen molar-refractivity contribution in [3.05, 3.63) is 24.3 Å². The van der Waals surface area contributed by atoms with Gasteiger partial charge in [0.25, 0.3) is 0 Å². The molecular formula is C15H26N2O2. The predicted molar refractivity (Wildman–Crippen MR) is 80.2 cm³/mol. The lowest BCUT2D eigenvalue weighted by atomic mass is 10.3. The Balaban J connectivity index is 2.10. The van der Waals surface area contributed by atoms with Gasteiger partial charge >= 0.3 is 0 Å². The van der Waals surface area contributed by atoms with Crippen LogP contribution in [-0.4, -0.2) is 47.5 Å². The van der Waals surface area contributed by atoms with Crippen LogP contribution in [0.2, 0.25) is 0 Å². The highest BCUT2D eigenvalue weighted by molar-refractivity contribution is 5.49. The molecule has 4 heteroatoms. The van der Waals surface area contributed by atoms with Crippen LogP contribution in [0.25, 0.3) is 0 Å². The molecule has 0 unspecified atom stereocenters. The number of nitrogens with zero attached hydrogens (tertiary/aromatic N) is 1. The Bertz CT molecular complexity index is 343. The number of rotatable bonds is 10. The van der Waals surface area contributed by atoms with E-state index in [1.54, 1.807) is 7.11 Å². The molecule has 0 spiro atoms. The van der Waals surface area contributed by atoms with Crippen molar-refractivity contribution in [1.29, 1.82) is 0 Å². The Morgan fingerprint density at radius 1 is 1.11 bits per heavy atom. The molecule has 1 aromatic carbocycles. The van der Waals surface area contributed by atoms with Crippen LogP contribution in [0.15, 0.2) is 24.3 Å². The number of methoxy groups -OCH3 is 1. The maximum Gasteiger partial charge on any atom is 0.121 e. The van der Waals surface area contributed by atoms with Crippen molar-refractivity contribution in [3.8, 4) is 5.75 Å². The molecule has 108 valence electrons. The van der Waals surface area contributed by atoms with E-state index in [1.165, 1.54) is 5.69 Å². The van der Waals surface area contributed by atoms with Gasteiger partial charge in [-0.05, 0) is 31.5 Å². The van der Waals surface area contributed by atoms with Crippen LogP contribution in [0.5, 0.6) is 5.75 Å². The third-order valence-electron chi connectivity index (χ3n) is 2.83. The van der Waals surface area contributed by atoms with Crippen LogP contribution < -0.4 is 15.0 Å². The van der Waals surface area contributed by atoms with E-state index in [1.807, 2.05) is 26.2 Å². The van der Waals surface area contributed by atoms with Crippen LogP contribution in [0.1, 0.15) is 12.8 Å². The Morgan fingerprint density at radius 3 is 2.68 bits per heavy atom. The molecular weight excluding hydrogens is 240 g/mol. The first-order chi connectivity index (χ1) is 9.24. The van der Waals surface area contributed by atoms with Crippen LogP contribution in [-0.2, 0) is 4.74 Å². The van der Waals surface area contributed by atoms with Crippen molar-refractivity contribution < 1.29 is 9.47 Å². The molecule has 0 aliphatic heterocycles. The molecule has 0 fully saturated rings. The molecule has 0 atom stereocenters. The summed E-state index contributed by atoms with van der Waals surface area (Å²) in [4.78, 5) is 2.08. The summed E-state index contributed by atoms with van der Waals surface area (Å²) in [6.45, 7) is 3.48. The zero-order valence-electron chi connectivity index (χ0n) is 12.3. The smallest absolute Gasteiger partial charge is 0.121 e. The number of benzene rings is 1. The van der Waals surface area contributed by atoms with E-state index in [9.17, 15) is 0 Å². The third kappa shape index (κ3) is 7.03. The van der Waals surface area contributed by atoms with Gasteiger partial charge in [-0.3, -0.25) is 0 Å². The van der Waals surface area contributed by atoms with E-state index in [0.29, 0.717) is 0 Å². The molecule has 0 bridgehead atoms. The minimum atomic E-state index is 0.767. The van der Waals surface area contributed by atoms with Gasteiger partial charge in [0.2, 0.25) is 0 Å². The maximum absolute atomic E-state index is 5.75. The molecule has 0 radical (unpaired) electrons. The van der Waals surface area contributed by atoms with Crippen molar-refractivity contribution in [1.82, 2.24) is 5.32 Å². The average Bonchev–Trinajstić information content (AvgIpc) is 2.42. The molecule has 0 heterocycles. The largest absolute Gasteiger partial charge is 0.494 e. The summed E-state index contributed by atoms with van der Waals surface area (Å²) in [6, 6.07) is 8.17. The molecule has 0 saturated carbocycles. The molecule has 1 aromatic rings. The molecule has 4 nitrogen and oxygen atoms in total. The minimum absolute atomic E-state index is 0.767. The zero-order valence-corrected chi connectivity index (χ0v) is 12.3. The average molecular weight is 266 g/mol. The Kier molecular flexibility index (Phi) is 8.02. The fourth-order valence-electron chi connectivity index (χ4n) is 1.69. The van der Waals surface area contributed by atoms with E-state index < -0.39 is 0 Å². The lowest BCUT2D eigenvalue weighted by Gasteiger charge is -2.14. The fraction of sp³-hybridized carbons (Fsp3) is 0.600. The van der Waals surface area contributed by atoms with Gasteiger partial charge in [-0.2, -0.15) is 0 Å². The SMILES string of the molecule is COCCNCCCCOc1cccc(N(C)C)c1. The molecule has 1 rings (SSSR count). The molecule has 0 aliphatic rings. The number of anilines is 1. The summed E-state index contributed by atoms with van der Waals surface area (Å²) in [7, 11) is 5.78. The molecule has 0 saturated heterocycles. The molecule has 0 aromatic heterocycles. The second-order valence-corrected chi connectivity index (χ2v) is 4.69. The second-order valence-electron chi connectivity index (χ2n) is 4.69. The van der Waals surface area contributed by atoms with E-state index in [-0.39, 0.29) is 0 Å². The quantitative estimate of drug-likeness (QED) is 0.658. The number of hydrogen-bond acceptors (Lipinski definition) is 4. The maximum atomic E-state index is 5.75. The molecule has 0 amide bonds. The summed E-state index contributed by atoms with van der Waals surface area (Å²) in [5.74, 6) is 0.943. The Morgan fingerprint density at radius 2 is 1.95 bits per heavy atom. The first kappa shape index (κ1) is 15.8. The standard InChI is InChI=1S/C15H26N2O2/c1-17(2)14-7-6-8-15(13-14)19-11-5-4-9-16-10-12-18-3/h6-8,13,16H,4-5,9-12H2,1-3H3. The zero-order chi connectivity index (χ0) is 13.9. The summed E-state index contributed by atoms with van der Waals surface area (Å²) in [5, 5.41) is 3.32. The van der Waals surface area contributed by atoms with Crippen LogP contribution in [0.3, 0.4) is 0 Å². The van der Waals surface area contributed by atoms with Gasteiger partial charge in [-0.1, -0.05) is 6.07 Å². The van der Waals surface area contributed by atoms with Crippen molar-refractivity contribution in [2.75, 3.05) is 52.4 Å². The highest BCUT2D eigenvalue weighted by atomic mass is 16.5. The monoisotopic (exact) mass is 266 g/mol. The van der Waals surface area contributed by atoms with Gasteiger partial charge in [-0.15, -0.1) is 0 Å². The van der Waals surface area contributed by atoms with Crippen LogP contribution in [0.4, 0.5) is 5.69 Å². The summed E-state index contributed by atoms with van der Waals surface area (Å²) in [6.07, 6.45) is 2.18. The second kappa shape index (κ2) is 9.64. The summed E-state index contributed by atoms with van der Waals surface area (Å²) in [5.41, 5.74) is 1.17. The summed E-state index contributed by atoms with van der Waals surface area (Å²) >= 11 is 0. The lowest BCUT2D eigenvalue weighted by Crippen LogP contribution is -2.20. The van der Waals surface area contributed by atoms with Crippen LogP contribution in [0, 0.1) is 0 Å². The Hall–Kier alpha value is -1.26. The molecule has 19 heavy (non-hydrogen) atoms. The first-order valence-electron chi connectivity index (χ1n) is 6.84. The van der Waals surface area contributed by atoms with Crippen LogP contribution >= 0.6 is 0 Å². The van der Waals surface area contributed by atoms with E-state index in [4.69, 9.17) is 9.47 Å². The number of nitrogens with one attached hydrogen (secondary N) is 1. The third-order valence-corrected chi connectivity index (χ3v) is 2.83. The highest BCUT2D eigenvalue weighted by Gasteiger charge is 1.98. The fourth-order valence-corrected chi connectivity index (χ4v) is 1.69. The predicted octanol–water partition coefficient (Wildman–Crippen LogP) is 2.15. The number of hydrogen-bond donors (Lipinski definition) is 1. The van der Waals surface area contributed by atoms with Crippen molar-refractivity contribution in [2.45, 2.75) is 12.8 Å². The van der Waals surface area contributed by atoms with Gasteiger partial charge in [0.1, 0.15) is 5.75 Å².